The van der Waals surface area contributed by atoms with Crippen LogP contribution in [0.2, 0.25) is 0 Å². The van der Waals surface area contributed by atoms with Gasteiger partial charge in [0, 0.05) is 12.4 Å². The average molecular weight is 123 g/mol. The van der Waals surface area contributed by atoms with Crippen LogP contribution in [-0.2, 0) is 12.4 Å². The van der Waals surface area contributed by atoms with Crippen LogP contribution in [0.4, 0.5) is 4.39 Å². The Morgan fingerprint density at radius 1 is 1.60 bits per heavy atom. The SMILES string of the molecule is CF.N=S.[Ca+2].[H-].[H-]. The summed E-state index contributed by atoms with van der Waals surface area (Å²) in [6, 6.07) is 0. The first-order valence-corrected chi connectivity index (χ1v) is 0.990. The van der Waals surface area contributed by atoms with Crippen molar-refractivity contribution in [1.82, 2.24) is 0 Å². The Kier molecular flexibility index (Phi) is 206. The molecule has 0 aromatic heterocycles. The maximum absolute atomic E-state index is 9.50. The first kappa shape index (κ1) is 16.4. The van der Waals surface area contributed by atoms with Gasteiger partial charge in [0.15, 0.2) is 0 Å². The minimum Gasteiger partial charge on any atom is -1.00 e. The summed E-state index contributed by atoms with van der Waals surface area (Å²) in [5.74, 6) is 0. The molecule has 0 heterocycles. The van der Waals surface area contributed by atoms with E-state index < -0.39 is 0 Å². The molecule has 0 atom stereocenters. The Morgan fingerprint density at radius 3 is 1.60 bits per heavy atom. The van der Waals surface area contributed by atoms with Crippen molar-refractivity contribution < 1.29 is 7.24 Å². The fourth-order valence-corrected chi connectivity index (χ4v) is 0. The molecule has 0 aliphatic rings. The summed E-state index contributed by atoms with van der Waals surface area (Å²) in [7, 11) is 0.500. The van der Waals surface area contributed by atoms with Gasteiger partial charge in [-0.15, -0.1) is 0 Å². The molecular weight excluding hydrogens is 117 g/mol. The van der Waals surface area contributed by atoms with Crippen molar-refractivity contribution >= 4 is 50.2 Å². The molecule has 0 amide bonds. The minimum atomic E-state index is 0. The summed E-state index contributed by atoms with van der Waals surface area (Å²) >= 11 is 3.33. The number of hydrogen-bond donors (Lipinski definition) is 1. The van der Waals surface area contributed by atoms with Crippen molar-refractivity contribution in [3.05, 3.63) is 0 Å². The van der Waals surface area contributed by atoms with E-state index in [-0.39, 0.29) is 40.6 Å². The second-order valence-electron chi connectivity index (χ2n) is 0. The van der Waals surface area contributed by atoms with Crippen molar-refractivity contribution in [2.45, 2.75) is 0 Å². The van der Waals surface area contributed by atoms with Crippen LogP contribution in [0.3, 0.4) is 0 Å². The molecule has 0 aromatic carbocycles. The molecule has 0 aromatic rings. The first-order valence-electron chi connectivity index (χ1n) is 0.582. The molecule has 0 fully saturated rings. The Labute approximate surface area is 68.9 Å². The van der Waals surface area contributed by atoms with E-state index in [1.807, 2.05) is 0 Å². The zero-order valence-corrected chi connectivity index (χ0v) is 6.02. The third kappa shape index (κ3) is 36.7. The van der Waals surface area contributed by atoms with Gasteiger partial charge < -0.3 is 2.85 Å². The summed E-state index contributed by atoms with van der Waals surface area (Å²) in [5.41, 5.74) is 0. The van der Waals surface area contributed by atoms with E-state index in [1.54, 1.807) is 0 Å². The molecule has 0 aliphatic carbocycles. The molecule has 1 N–H and O–H groups in total. The first-order chi connectivity index (χ1) is 2.00. The number of nitrogens with one attached hydrogen (secondary N) is 1. The molecule has 0 saturated heterocycles. The Morgan fingerprint density at radius 2 is 1.60 bits per heavy atom. The van der Waals surface area contributed by atoms with Crippen LogP contribution in [0.5, 0.6) is 0 Å². The van der Waals surface area contributed by atoms with Crippen molar-refractivity contribution in [3.8, 4) is 0 Å². The van der Waals surface area contributed by atoms with Crippen LogP contribution in [0.15, 0.2) is 0 Å². The standard InChI is InChI=1S/CH3F.Ca.HNS.2H/c1-2;;1-2;;/h1H3;;1H;;/q;+2;;2*-1. The van der Waals surface area contributed by atoms with Crippen LogP contribution in [0, 0.1) is 4.78 Å². The molecular formula is CH6CaFNS. The molecule has 5 heavy (non-hydrogen) atoms. The van der Waals surface area contributed by atoms with Crippen LogP contribution in [0.25, 0.3) is 0 Å². The van der Waals surface area contributed by atoms with Crippen LogP contribution >= 0.6 is 0 Å². The van der Waals surface area contributed by atoms with E-state index in [9.17, 15) is 4.39 Å². The summed E-state index contributed by atoms with van der Waals surface area (Å²) in [4.78, 5) is 0. The number of halogens is 1. The molecule has 0 radical (unpaired) electrons. The summed E-state index contributed by atoms with van der Waals surface area (Å²) in [6.45, 7) is 0. The van der Waals surface area contributed by atoms with Gasteiger partial charge in [0.2, 0.25) is 0 Å². The molecule has 0 spiro atoms. The maximum atomic E-state index is 9.50. The third-order valence-electron chi connectivity index (χ3n) is 0. The topological polar surface area (TPSA) is 23.9 Å². The number of hydrogen-bond acceptors (Lipinski definition) is 2. The summed E-state index contributed by atoms with van der Waals surface area (Å²) < 4.78 is 14.8. The predicted octanol–water partition coefficient (Wildman–Crippen LogP) is 0.726. The largest absolute Gasteiger partial charge is 2.00 e. The molecule has 4 heteroatoms. The monoisotopic (exact) mass is 123 g/mol. The van der Waals surface area contributed by atoms with E-state index in [1.165, 1.54) is 0 Å². The van der Waals surface area contributed by atoms with E-state index in [2.05, 4.69) is 12.4 Å². The molecule has 0 rings (SSSR count). The predicted molar refractivity (Wildman–Crippen MR) is 25.1 cm³/mol. The van der Waals surface area contributed by atoms with E-state index in [0.29, 0.717) is 7.18 Å². The second-order valence-corrected chi connectivity index (χ2v) is 0. The molecule has 0 bridgehead atoms. The van der Waals surface area contributed by atoms with Gasteiger partial charge in [-0.05, 0) is 0 Å². The van der Waals surface area contributed by atoms with Gasteiger partial charge >= 0.3 is 37.7 Å². The average Bonchev–Trinajstić information content (AvgIpc) is 1.50. The van der Waals surface area contributed by atoms with Crippen LogP contribution < -0.4 is 0 Å². The van der Waals surface area contributed by atoms with Gasteiger partial charge in [0.05, 0.1) is 7.18 Å². The Balaban J connectivity index is -0.00000000267. The van der Waals surface area contributed by atoms with Crippen LogP contribution in [-0.4, -0.2) is 44.9 Å². The van der Waals surface area contributed by atoms with Crippen molar-refractivity contribution in [1.29, 1.82) is 4.78 Å². The van der Waals surface area contributed by atoms with Gasteiger partial charge in [-0.25, -0.2) is 4.78 Å². The minimum absolute atomic E-state index is 0. The summed E-state index contributed by atoms with van der Waals surface area (Å²) in [5, 5.41) is 0. The third-order valence-corrected chi connectivity index (χ3v) is 0. The smallest absolute Gasteiger partial charge is 1.00 e. The van der Waals surface area contributed by atoms with E-state index in [0.717, 1.165) is 0 Å². The fraction of sp³-hybridized carbons (Fsp3) is 1.00. The fourth-order valence-electron chi connectivity index (χ4n) is 0. The van der Waals surface area contributed by atoms with Gasteiger partial charge in [0.25, 0.3) is 0 Å². The Bertz CT molecular complexity index is 17.7. The van der Waals surface area contributed by atoms with Crippen molar-refractivity contribution in [2.75, 3.05) is 7.18 Å². The van der Waals surface area contributed by atoms with Gasteiger partial charge in [0.1, 0.15) is 0 Å². The van der Waals surface area contributed by atoms with E-state index in [4.69, 9.17) is 4.78 Å². The van der Waals surface area contributed by atoms with E-state index >= 15 is 0 Å². The Hall–Kier alpha value is 1.21. The zero-order valence-electron chi connectivity index (χ0n) is 4.99. The maximum Gasteiger partial charge on any atom is 2.00 e. The molecule has 0 saturated carbocycles. The normalized spacial score (nSPS) is 2.00. The molecule has 0 unspecified atom stereocenters. The second kappa shape index (κ2) is 63.1. The van der Waals surface area contributed by atoms with Crippen molar-refractivity contribution in [3.63, 3.8) is 0 Å². The van der Waals surface area contributed by atoms with Crippen molar-refractivity contribution in [2.24, 2.45) is 0 Å². The summed E-state index contributed by atoms with van der Waals surface area (Å²) in [6.07, 6.45) is 0. The number of rotatable bonds is 0. The van der Waals surface area contributed by atoms with Gasteiger partial charge in [-0.3, -0.25) is 4.39 Å². The molecule has 0 aliphatic heterocycles. The zero-order chi connectivity index (χ0) is 4.00. The quantitative estimate of drug-likeness (QED) is 0.472. The number of alkyl halides is 1. The molecule has 30 valence electrons. The van der Waals surface area contributed by atoms with Gasteiger partial charge in [-0.1, -0.05) is 0 Å². The van der Waals surface area contributed by atoms with Gasteiger partial charge in [-0.2, -0.15) is 0 Å². The van der Waals surface area contributed by atoms with Crippen LogP contribution in [0.1, 0.15) is 2.85 Å². The molecule has 1 nitrogen and oxygen atoms in total.